The zero-order valence-electron chi connectivity index (χ0n) is 15.8. The van der Waals surface area contributed by atoms with Gasteiger partial charge in [-0.25, -0.2) is 14.8 Å². The van der Waals surface area contributed by atoms with Crippen LogP contribution in [0.25, 0.3) is 11.5 Å². The van der Waals surface area contributed by atoms with E-state index in [0.717, 1.165) is 29.6 Å². The number of anilines is 1. The Labute approximate surface area is 149 Å². The Kier molecular flexibility index (Phi) is 3.89. The molecule has 3 aliphatic heterocycles. The number of imidazole rings is 1. The highest BCUT2D eigenvalue weighted by Crippen LogP contribution is 2.39. The second kappa shape index (κ2) is 5.85. The largest absolute Gasteiger partial charge is 0.364 e. The van der Waals surface area contributed by atoms with Crippen LogP contribution in [0.3, 0.4) is 0 Å². The second-order valence-corrected chi connectivity index (χ2v) is 8.69. The van der Waals surface area contributed by atoms with Crippen molar-refractivity contribution in [2.75, 3.05) is 5.32 Å². The third-order valence-electron chi connectivity index (χ3n) is 5.76. The van der Waals surface area contributed by atoms with Gasteiger partial charge in [0.1, 0.15) is 17.3 Å². The van der Waals surface area contributed by atoms with Crippen molar-refractivity contribution in [3.63, 3.8) is 0 Å². The lowest BCUT2D eigenvalue weighted by Gasteiger charge is -2.26. The van der Waals surface area contributed by atoms with Crippen molar-refractivity contribution in [1.29, 1.82) is 0 Å². The number of hydrogen-bond acceptors (Lipinski definition) is 4. The van der Waals surface area contributed by atoms with E-state index in [1.54, 1.807) is 0 Å². The first kappa shape index (κ1) is 16.6. The van der Waals surface area contributed by atoms with Gasteiger partial charge in [0, 0.05) is 19.0 Å². The highest BCUT2D eigenvalue weighted by atomic mass is 16.1. The number of aromatic nitrogens is 4. The first-order chi connectivity index (χ1) is 11.9. The molecular weight excluding hydrogens is 314 g/mol. The Balaban J connectivity index is 1.87. The van der Waals surface area contributed by atoms with Crippen molar-refractivity contribution in [3.05, 3.63) is 16.3 Å². The van der Waals surface area contributed by atoms with Gasteiger partial charge in [0.15, 0.2) is 5.82 Å². The third-order valence-corrected chi connectivity index (χ3v) is 5.76. The van der Waals surface area contributed by atoms with Crippen LogP contribution < -0.4 is 11.0 Å². The SMILES string of the molecule is CCCn1c2nc(C3CCCC3)nc-2c2n(c1=O)C[C@H](C(C)(C)C)N2. The molecule has 0 saturated heterocycles. The van der Waals surface area contributed by atoms with Crippen LogP contribution in [0, 0.1) is 5.41 Å². The van der Waals surface area contributed by atoms with E-state index in [0.29, 0.717) is 19.0 Å². The van der Waals surface area contributed by atoms with Crippen molar-refractivity contribution >= 4 is 5.82 Å². The Morgan fingerprint density at radius 2 is 1.92 bits per heavy atom. The fourth-order valence-corrected chi connectivity index (χ4v) is 4.15. The van der Waals surface area contributed by atoms with Crippen molar-refractivity contribution < 1.29 is 0 Å². The molecule has 4 aliphatic rings. The summed E-state index contributed by atoms with van der Waals surface area (Å²) in [5, 5.41) is 3.58. The van der Waals surface area contributed by atoms with Crippen molar-refractivity contribution in [1.82, 2.24) is 19.1 Å². The number of fused-ring (bicyclic) bond motifs is 3. The Hall–Kier alpha value is -1.85. The van der Waals surface area contributed by atoms with E-state index in [-0.39, 0.29) is 17.1 Å². The van der Waals surface area contributed by atoms with Crippen LogP contribution in [0.5, 0.6) is 0 Å². The number of rotatable bonds is 3. The molecule has 6 heteroatoms. The molecule has 0 radical (unpaired) electrons. The smallest absolute Gasteiger partial charge is 0.331 e. The van der Waals surface area contributed by atoms with Crippen LogP contribution in [0.4, 0.5) is 5.82 Å². The molecule has 0 aromatic heterocycles. The van der Waals surface area contributed by atoms with Gasteiger partial charge < -0.3 is 5.32 Å². The molecule has 0 aromatic carbocycles. The van der Waals surface area contributed by atoms with Crippen LogP contribution in [0.15, 0.2) is 4.79 Å². The molecule has 3 heterocycles. The zero-order chi connectivity index (χ0) is 17.8. The summed E-state index contributed by atoms with van der Waals surface area (Å²) in [7, 11) is 0. The van der Waals surface area contributed by atoms with Gasteiger partial charge in [0.2, 0.25) is 0 Å². The minimum Gasteiger partial charge on any atom is -0.364 e. The van der Waals surface area contributed by atoms with Gasteiger partial charge >= 0.3 is 5.69 Å². The van der Waals surface area contributed by atoms with Crippen LogP contribution in [-0.2, 0) is 13.1 Å². The fraction of sp³-hybridized carbons (Fsp3) is 0.737. The average Bonchev–Trinajstić information content (AvgIpc) is 3.27. The topological polar surface area (TPSA) is 64.7 Å². The van der Waals surface area contributed by atoms with E-state index in [1.807, 2.05) is 9.13 Å². The van der Waals surface area contributed by atoms with Crippen LogP contribution >= 0.6 is 0 Å². The van der Waals surface area contributed by atoms with E-state index in [9.17, 15) is 4.79 Å². The lowest BCUT2D eigenvalue weighted by molar-refractivity contribution is 0.327. The molecule has 25 heavy (non-hydrogen) atoms. The van der Waals surface area contributed by atoms with Gasteiger partial charge in [-0.15, -0.1) is 0 Å². The monoisotopic (exact) mass is 343 g/mol. The molecule has 1 N–H and O–H groups in total. The number of nitrogens with zero attached hydrogens (tertiary/aromatic N) is 4. The number of hydrogen-bond donors (Lipinski definition) is 1. The Morgan fingerprint density at radius 1 is 1.20 bits per heavy atom. The molecule has 4 rings (SSSR count). The fourth-order valence-electron chi connectivity index (χ4n) is 4.15. The van der Waals surface area contributed by atoms with Gasteiger partial charge in [-0.05, 0) is 24.7 Å². The van der Waals surface area contributed by atoms with Gasteiger partial charge in [-0.2, -0.15) is 0 Å². The summed E-state index contributed by atoms with van der Waals surface area (Å²) < 4.78 is 3.71. The van der Waals surface area contributed by atoms with E-state index >= 15 is 0 Å². The summed E-state index contributed by atoms with van der Waals surface area (Å²) in [6.07, 6.45) is 5.77. The molecule has 1 atom stereocenters. The Bertz CT molecular complexity index is 807. The molecule has 0 amide bonds. The predicted octanol–water partition coefficient (Wildman–Crippen LogP) is 3.45. The predicted molar refractivity (Wildman–Crippen MR) is 99.3 cm³/mol. The summed E-state index contributed by atoms with van der Waals surface area (Å²) in [5.74, 6) is 3.02. The summed E-state index contributed by atoms with van der Waals surface area (Å²) >= 11 is 0. The van der Waals surface area contributed by atoms with Crippen LogP contribution in [-0.4, -0.2) is 25.1 Å². The maximum atomic E-state index is 13.1. The highest BCUT2D eigenvalue weighted by molar-refractivity contribution is 5.70. The molecule has 1 aliphatic carbocycles. The maximum absolute atomic E-state index is 13.1. The molecule has 6 nitrogen and oxygen atoms in total. The summed E-state index contributed by atoms with van der Waals surface area (Å²) in [5.41, 5.74) is 0.998. The third kappa shape index (κ3) is 2.66. The highest BCUT2D eigenvalue weighted by Gasteiger charge is 2.37. The quantitative estimate of drug-likeness (QED) is 0.927. The van der Waals surface area contributed by atoms with Gasteiger partial charge in [0.25, 0.3) is 0 Å². The van der Waals surface area contributed by atoms with E-state index in [2.05, 4.69) is 33.0 Å². The molecule has 1 saturated carbocycles. The van der Waals surface area contributed by atoms with Crippen molar-refractivity contribution in [2.24, 2.45) is 5.41 Å². The van der Waals surface area contributed by atoms with Crippen LogP contribution in [0.1, 0.15) is 71.5 Å². The first-order valence-electron chi connectivity index (χ1n) is 9.67. The summed E-state index contributed by atoms with van der Waals surface area (Å²) in [4.78, 5) is 22.8. The standard InChI is InChI=1S/C19H29N5O/c1-5-10-23-17-14(21-15(22-17)12-8-6-7-9-12)16-20-13(19(2,3)4)11-24(16)18(23)25/h12-13,20H,5-11H2,1-4H3/t13-/m1/s1. The summed E-state index contributed by atoms with van der Waals surface area (Å²) in [6, 6.07) is 0.229. The van der Waals surface area contributed by atoms with E-state index < -0.39 is 0 Å². The summed E-state index contributed by atoms with van der Waals surface area (Å²) in [6.45, 7) is 10.1. The van der Waals surface area contributed by atoms with Crippen LogP contribution in [0.2, 0.25) is 0 Å². The zero-order valence-corrected chi connectivity index (χ0v) is 15.8. The van der Waals surface area contributed by atoms with Crippen molar-refractivity contribution in [2.45, 2.75) is 84.8 Å². The van der Waals surface area contributed by atoms with Gasteiger partial charge in [-0.3, -0.25) is 9.13 Å². The van der Waals surface area contributed by atoms with Crippen molar-refractivity contribution in [3.8, 4) is 11.5 Å². The first-order valence-corrected chi connectivity index (χ1v) is 9.67. The van der Waals surface area contributed by atoms with E-state index in [4.69, 9.17) is 9.97 Å². The Morgan fingerprint density at radius 3 is 2.56 bits per heavy atom. The lowest BCUT2D eigenvalue weighted by atomic mass is 9.87. The molecule has 136 valence electrons. The molecule has 0 unspecified atom stereocenters. The molecule has 0 bridgehead atoms. The molecule has 0 spiro atoms. The van der Waals surface area contributed by atoms with Gasteiger partial charge in [-0.1, -0.05) is 40.5 Å². The van der Waals surface area contributed by atoms with Gasteiger partial charge in [0.05, 0.1) is 6.04 Å². The molecule has 1 fully saturated rings. The molecular formula is C19H29N5O. The second-order valence-electron chi connectivity index (χ2n) is 8.69. The maximum Gasteiger partial charge on any atom is 0.331 e. The lowest BCUT2D eigenvalue weighted by Crippen LogP contribution is -2.35. The van der Waals surface area contributed by atoms with E-state index in [1.165, 1.54) is 25.7 Å². The normalized spacial score (nSPS) is 21.0. The molecule has 0 aromatic rings. The minimum atomic E-state index is 0.0430. The average molecular weight is 343 g/mol. The minimum absolute atomic E-state index is 0.0430. The number of nitrogens with one attached hydrogen (secondary N) is 1.